The van der Waals surface area contributed by atoms with Crippen LogP contribution in [0.25, 0.3) is 0 Å². The number of nitrogen functional groups attached to an aromatic ring is 1. The van der Waals surface area contributed by atoms with Crippen molar-refractivity contribution >= 4 is 27.7 Å². The van der Waals surface area contributed by atoms with Crippen LogP contribution in [0.15, 0.2) is 34.8 Å². The third kappa shape index (κ3) is 3.33. The molecule has 0 aliphatic heterocycles. The molecule has 18 heavy (non-hydrogen) atoms. The van der Waals surface area contributed by atoms with E-state index in [9.17, 15) is 0 Å². The highest BCUT2D eigenvalue weighted by molar-refractivity contribution is 9.10. The summed E-state index contributed by atoms with van der Waals surface area (Å²) in [4.78, 5) is 8.00. The van der Waals surface area contributed by atoms with Crippen LogP contribution in [-0.4, -0.2) is 17.0 Å². The van der Waals surface area contributed by atoms with E-state index >= 15 is 0 Å². The zero-order valence-electron chi connectivity index (χ0n) is 9.85. The highest BCUT2D eigenvalue weighted by Crippen LogP contribution is 2.16. The second-order valence-electron chi connectivity index (χ2n) is 3.61. The number of anilines is 2. The highest BCUT2D eigenvalue weighted by atomic mass is 79.9. The summed E-state index contributed by atoms with van der Waals surface area (Å²) in [5.41, 5.74) is 6.63. The lowest BCUT2D eigenvalue weighted by atomic mass is 10.2. The summed E-state index contributed by atoms with van der Waals surface area (Å²) in [6.07, 6.45) is 0. The molecule has 6 heteroatoms. The first-order valence-electron chi connectivity index (χ1n) is 5.37. The number of hydrogen-bond donors (Lipinski definition) is 2. The van der Waals surface area contributed by atoms with Gasteiger partial charge < -0.3 is 15.8 Å². The summed E-state index contributed by atoms with van der Waals surface area (Å²) in [6, 6.07) is 9.59. The van der Waals surface area contributed by atoms with Gasteiger partial charge in [-0.25, -0.2) is 0 Å². The Morgan fingerprint density at radius 2 is 2.00 bits per heavy atom. The van der Waals surface area contributed by atoms with Gasteiger partial charge in [-0.1, -0.05) is 28.1 Å². The van der Waals surface area contributed by atoms with Crippen molar-refractivity contribution in [1.29, 1.82) is 0 Å². The fourth-order valence-corrected chi connectivity index (χ4v) is 1.65. The lowest BCUT2D eigenvalue weighted by Crippen LogP contribution is -2.03. The molecular formula is C12H13BrN4O. The fraction of sp³-hybridized carbons (Fsp3) is 0.167. The van der Waals surface area contributed by atoms with Crippen LogP contribution in [0.1, 0.15) is 5.56 Å². The molecule has 1 heterocycles. The Labute approximate surface area is 114 Å². The minimum atomic E-state index is 0.188. The molecule has 1 aromatic heterocycles. The molecule has 0 aliphatic rings. The van der Waals surface area contributed by atoms with Gasteiger partial charge in [0.2, 0.25) is 11.8 Å². The Bertz CT molecular complexity index is 530. The summed E-state index contributed by atoms with van der Waals surface area (Å²) in [5.74, 6) is 1.27. The van der Waals surface area contributed by atoms with Gasteiger partial charge in [-0.3, -0.25) is 0 Å². The van der Waals surface area contributed by atoms with Crippen LogP contribution in [0.2, 0.25) is 0 Å². The zero-order chi connectivity index (χ0) is 13.0. The van der Waals surface area contributed by atoms with Crippen LogP contribution in [0.4, 0.5) is 11.8 Å². The van der Waals surface area contributed by atoms with Gasteiger partial charge >= 0.3 is 0 Å². The Balaban J connectivity index is 2.05. The number of benzene rings is 1. The van der Waals surface area contributed by atoms with Crippen LogP contribution in [0.3, 0.4) is 0 Å². The number of nitrogens with one attached hydrogen (secondary N) is 1. The Kier molecular flexibility index (Phi) is 3.99. The van der Waals surface area contributed by atoms with Crippen LogP contribution in [-0.2, 0) is 6.61 Å². The normalized spacial score (nSPS) is 10.1. The van der Waals surface area contributed by atoms with E-state index in [2.05, 4.69) is 31.2 Å². The van der Waals surface area contributed by atoms with Gasteiger partial charge in [-0.2, -0.15) is 9.97 Å². The van der Waals surface area contributed by atoms with Crippen LogP contribution in [0.5, 0.6) is 5.88 Å². The van der Waals surface area contributed by atoms with Gasteiger partial charge in [0.15, 0.2) is 0 Å². The molecule has 0 unspecified atom stereocenters. The summed E-state index contributed by atoms with van der Waals surface area (Å²) < 4.78 is 6.61. The molecule has 2 rings (SSSR count). The minimum absolute atomic E-state index is 0.188. The van der Waals surface area contributed by atoms with Crippen molar-refractivity contribution in [1.82, 2.24) is 9.97 Å². The van der Waals surface area contributed by atoms with Crippen LogP contribution >= 0.6 is 15.9 Å². The van der Waals surface area contributed by atoms with E-state index in [0.29, 0.717) is 18.3 Å². The van der Waals surface area contributed by atoms with E-state index in [-0.39, 0.29) is 5.95 Å². The van der Waals surface area contributed by atoms with E-state index in [1.54, 1.807) is 13.1 Å². The molecule has 0 amide bonds. The summed E-state index contributed by atoms with van der Waals surface area (Å²) in [7, 11) is 1.76. The lowest BCUT2D eigenvalue weighted by molar-refractivity contribution is 0.294. The molecule has 0 bridgehead atoms. The molecule has 0 atom stereocenters. The van der Waals surface area contributed by atoms with Crippen molar-refractivity contribution in [3.63, 3.8) is 0 Å². The summed E-state index contributed by atoms with van der Waals surface area (Å²) in [6.45, 7) is 0.437. The molecule has 94 valence electrons. The molecule has 0 fully saturated rings. The Morgan fingerprint density at radius 3 is 2.67 bits per heavy atom. The Morgan fingerprint density at radius 1 is 1.28 bits per heavy atom. The smallest absolute Gasteiger partial charge is 0.225 e. The zero-order valence-corrected chi connectivity index (χ0v) is 11.4. The molecule has 3 N–H and O–H groups in total. The number of hydrogen-bond acceptors (Lipinski definition) is 5. The van der Waals surface area contributed by atoms with Gasteiger partial charge in [0.1, 0.15) is 12.4 Å². The average Bonchev–Trinajstić information content (AvgIpc) is 2.37. The molecule has 0 aliphatic carbocycles. The predicted octanol–water partition coefficient (Wildman–Crippen LogP) is 2.44. The van der Waals surface area contributed by atoms with Crippen molar-refractivity contribution in [2.45, 2.75) is 6.61 Å². The fourth-order valence-electron chi connectivity index (χ4n) is 1.38. The van der Waals surface area contributed by atoms with E-state index in [1.807, 2.05) is 24.3 Å². The van der Waals surface area contributed by atoms with E-state index < -0.39 is 0 Å². The standard InChI is InChI=1S/C12H13BrN4O/c1-15-10-6-11(17-12(14)16-10)18-7-8-2-4-9(13)5-3-8/h2-6H,7H2,1H3,(H3,14,15,16,17). The number of nitrogens with two attached hydrogens (primary N) is 1. The average molecular weight is 309 g/mol. The van der Waals surface area contributed by atoms with Gasteiger partial charge in [0.25, 0.3) is 0 Å². The van der Waals surface area contributed by atoms with Crippen molar-refractivity contribution in [2.75, 3.05) is 18.1 Å². The minimum Gasteiger partial charge on any atom is -0.473 e. The number of nitrogens with zero attached hydrogens (tertiary/aromatic N) is 2. The molecule has 0 radical (unpaired) electrons. The number of aromatic nitrogens is 2. The molecule has 1 aromatic carbocycles. The van der Waals surface area contributed by atoms with E-state index in [0.717, 1.165) is 10.0 Å². The van der Waals surface area contributed by atoms with Gasteiger partial charge in [0, 0.05) is 17.6 Å². The topological polar surface area (TPSA) is 73.1 Å². The van der Waals surface area contributed by atoms with E-state index in [1.165, 1.54) is 0 Å². The monoisotopic (exact) mass is 308 g/mol. The number of rotatable bonds is 4. The molecule has 0 spiro atoms. The third-order valence-corrected chi connectivity index (χ3v) is 2.80. The largest absolute Gasteiger partial charge is 0.473 e. The molecule has 0 saturated carbocycles. The quantitative estimate of drug-likeness (QED) is 0.907. The maximum atomic E-state index is 5.58. The molecule has 0 saturated heterocycles. The van der Waals surface area contributed by atoms with Crippen LogP contribution in [0, 0.1) is 0 Å². The maximum absolute atomic E-state index is 5.58. The van der Waals surface area contributed by atoms with Crippen molar-refractivity contribution in [2.24, 2.45) is 0 Å². The third-order valence-electron chi connectivity index (χ3n) is 2.28. The molecule has 2 aromatic rings. The molecular weight excluding hydrogens is 296 g/mol. The highest BCUT2D eigenvalue weighted by Gasteiger charge is 2.02. The second-order valence-corrected chi connectivity index (χ2v) is 4.53. The van der Waals surface area contributed by atoms with Gasteiger partial charge in [-0.15, -0.1) is 0 Å². The van der Waals surface area contributed by atoms with Crippen LogP contribution < -0.4 is 15.8 Å². The predicted molar refractivity (Wildman–Crippen MR) is 74.5 cm³/mol. The first-order valence-corrected chi connectivity index (χ1v) is 6.16. The van der Waals surface area contributed by atoms with Crippen molar-refractivity contribution in [3.05, 3.63) is 40.4 Å². The van der Waals surface area contributed by atoms with Crippen molar-refractivity contribution in [3.8, 4) is 5.88 Å². The number of halogens is 1. The summed E-state index contributed by atoms with van der Waals surface area (Å²) >= 11 is 3.38. The number of ether oxygens (including phenoxy) is 1. The molecule has 5 nitrogen and oxygen atoms in total. The first kappa shape index (κ1) is 12.6. The lowest BCUT2D eigenvalue weighted by Gasteiger charge is -2.07. The first-order chi connectivity index (χ1) is 8.67. The SMILES string of the molecule is CNc1cc(OCc2ccc(Br)cc2)nc(N)n1. The van der Waals surface area contributed by atoms with Crippen molar-refractivity contribution < 1.29 is 4.74 Å². The maximum Gasteiger partial charge on any atom is 0.225 e. The van der Waals surface area contributed by atoms with Gasteiger partial charge in [-0.05, 0) is 17.7 Å². The Hall–Kier alpha value is -1.82. The summed E-state index contributed by atoms with van der Waals surface area (Å²) in [5, 5.41) is 2.90. The second kappa shape index (κ2) is 5.68. The van der Waals surface area contributed by atoms with E-state index in [4.69, 9.17) is 10.5 Å². The van der Waals surface area contributed by atoms with Gasteiger partial charge in [0.05, 0.1) is 0 Å².